The second-order valence-electron chi connectivity index (χ2n) is 8.45. The number of Topliss-reactive ketones (excluding diaryl/α,β-unsaturated/α-hetero) is 1. The third-order valence-corrected chi connectivity index (χ3v) is 6.58. The van der Waals surface area contributed by atoms with E-state index in [2.05, 4.69) is 56.3 Å². The highest BCUT2D eigenvalue weighted by Gasteiger charge is 2.50. The first-order chi connectivity index (χ1) is 14.6. The van der Waals surface area contributed by atoms with Crippen molar-refractivity contribution in [2.24, 2.45) is 0 Å². The van der Waals surface area contributed by atoms with Crippen LogP contribution in [-0.2, 0) is 23.1 Å². The first-order valence-electron chi connectivity index (χ1n) is 10.7. The summed E-state index contributed by atoms with van der Waals surface area (Å²) in [6.45, 7) is 4.52. The molecule has 0 N–H and O–H groups in total. The van der Waals surface area contributed by atoms with E-state index < -0.39 is 0 Å². The van der Waals surface area contributed by atoms with Gasteiger partial charge < -0.3 is 9.47 Å². The van der Waals surface area contributed by atoms with Gasteiger partial charge in [-0.05, 0) is 71.7 Å². The van der Waals surface area contributed by atoms with Crippen molar-refractivity contribution < 1.29 is 15.7 Å². The summed E-state index contributed by atoms with van der Waals surface area (Å²) in [6.07, 6.45) is 3.29. The van der Waals surface area contributed by atoms with Crippen molar-refractivity contribution in [2.75, 3.05) is 6.79 Å². The van der Waals surface area contributed by atoms with Gasteiger partial charge in [-0.3, -0.25) is 4.79 Å². The number of carbonyl (C=O) groups is 1. The number of fused-ring (bicyclic) bond motifs is 1. The minimum atomic E-state index is -0.369. The summed E-state index contributed by atoms with van der Waals surface area (Å²) >= 11 is 0. The molecule has 154 valence electrons. The molecule has 1 fully saturated rings. The largest absolute Gasteiger partial charge is 0.454 e. The molecule has 3 aromatic rings. The Morgan fingerprint density at radius 1 is 0.967 bits per heavy atom. The fourth-order valence-corrected chi connectivity index (χ4v) is 4.40. The zero-order valence-electron chi connectivity index (χ0n) is 17.5. The Hall–Kier alpha value is -3.07. The molecule has 0 spiro atoms. The van der Waals surface area contributed by atoms with Gasteiger partial charge in [-0.1, -0.05) is 55.5 Å². The quantitative estimate of drug-likeness (QED) is 0.506. The lowest BCUT2D eigenvalue weighted by Crippen LogP contribution is -2.22. The van der Waals surface area contributed by atoms with Gasteiger partial charge in [0.05, 0.1) is 5.41 Å². The van der Waals surface area contributed by atoms with Gasteiger partial charge in [0.2, 0.25) is 6.79 Å². The molecule has 0 aromatic heterocycles. The average Bonchev–Trinajstić information content (AvgIpc) is 3.46. The maximum Gasteiger partial charge on any atom is 0.231 e. The molecule has 0 bridgehead atoms. The maximum absolute atomic E-state index is 13.4. The van der Waals surface area contributed by atoms with Crippen LogP contribution in [-0.4, -0.2) is 12.6 Å². The van der Waals surface area contributed by atoms with Gasteiger partial charge in [-0.15, -0.1) is 0 Å². The minimum Gasteiger partial charge on any atom is -0.454 e. The topological polar surface area (TPSA) is 35.5 Å². The smallest absolute Gasteiger partial charge is 0.231 e. The second kappa shape index (κ2) is 7.32. The van der Waals surface area contributed by atoms with Crippen LogP contribution < -0.4 is 9.47 Å². The van der Waals surface area contributed by atoms with Crippen molar-refractivity contribution in [1.82, 2.24) is 0 Å². The second-order valence-corrected chi connectivity index (χ2v) is 8.45. The predicted octanol–water partition coefficient (Wildman–Crippen LogP) is 6.04. The zero-order valence-corrected chi connectivity index (χ0v) is 17.5. The molecule has 0 amide bonds. The van der Waals surface area contributed by atoms with Crippen LogP contribution in [0.4, 0.5) is 0 Å². The Bertz CT molecular complexity index is 1130. The highest BCUT2D eigenvalue weighted by Crippen LogP contribution is 2.51. The van der Waals surface area contributed by atoms with Crippen molar-refractivity contribution in [3.63, 3.8) is 0 Å². The molecule has 3 aromatic carbocycles. The van der Waals surface area contributed by atoms with E-state index in [9.17, 15) is 4.79 Å². The van der Waals surface area contributed by atoms with Crippen molar-refractivity contribution in [3.8, 4) is 22.6 Å². The Labute approximate surface area is 179 Å². The lowest BCUT2D eigenvalue weighted by molar-refractivity contribution is -0.120. The molecule has 1 aliphatic heterocycles. The summed E-state index contributed by atoms with van der Waals surface area (Å²) in [5, 5.41) is 0. The van der Waals surface area contributed by atoms with Crippen LogP contribution in [0.3, 0.4) is 0 Å². The molecule has 1 heterocycles. The van der Waals surface area contributed by atoms with E-state index >= 15 is 0 Å². The van der Waals surface area contributed by atoms with E-state index in [1.54, 1.807) is 0 Å². The normalized spacial score (nSPS) is 15.8. The maximum atomic E-state index is 13.4. The van der Waals surface area contributed by atoms with Crippen molar-refractivity contribution in [2.45, 2.75) is 44.9 Å². The van der Waals surface area contributed by atoms with Gasteiger partial charge in [0.25, 0.3) is 0 Å². The summed E-state index contributed by atoms with van der Waals surface area (Å²) < 4.78 is 11.0. The molecule has 30 heavy (non-hydrogen) atoms. The molecule has 5 rings (SSSR count). The monoisotopic (exact) mass is 400 g/mol. The standard InChI is InChI=1S/C27H26O3.H2/c1-3-19-5-4-6-20(13-19)21-8-7-18(2)22(14-21)15-26(28)27(11-12-27)23-9-10-24-25(16-23)30-17-29-24;/h4-10,13-14,16H,3,11-12,15,17H2,1-2H3;1H. The van der Waals surface area contributed by atoms with Crippen LogP contribution >= 0.6 is 0 Å². The van der Waals surface area contributed by atoms with E-state index in [0.29, 0.717) is 12.2 Å². The number of carbonyl (C=O) groups excluding carboxylic acids is 1. The number of ketones is 1. The molecule has 0 unspecified atom stereocenters. The summed E-state index contributed by atoms with van der Waals surface area (Å²) in [6, 6.07) is 21.1. The zero-order chi connectivity index (χ0) is 20.7. The summed E-state index contributed by atoms with van der Waals surface area (Å²) in [4.78, 5) is 13.4. The van der Waals surface area contributed by atoms with Crippen LogP contribution in [0.2, 0.25) is 0 Å². The summed E-state index contributed by atoms with van der Waals surface area (Å²) in [7, 11) is 0. The minimum absolute atomic E-state index is 0. The van der Waals surface area contributed by atoms with Gasteiger partial charge in [0.15, 0.2) is 11.5 Å². The van der Waals surface area contributed by atoms with Crippen LogP contribution in [0.5, 0.6) is 11.5 Å². The molecule has 3 nitrogen and oxygen atoms in total. The molecule has 1 aliphatic carbocycles. The first-order valence-corrected chi connectivity index (χ1v) is 10.7. The molecular formula is C27H28O3. The number of benzene rings is 3. The van der Waals surface area contributed by atoms with E-state index in [1.807, 2.05) is 18.2 Å². The number of hydrogen-bond acceptors (Lipinski definition) is 3. The molecule has 3 heteroatoms. The molecule has 1 saturated carbocycles. The Balaban J connectivity index is 0.00000231. The first kappa shape index (κ1) is 18.9. The van der Waals surface area contributed by atoms with Gasteiger partial charge in [-0.2, -0.15) is 0 Å². The van der Waals surface area contributed by atoms with Crippen LogP contribution in [0.15, 0.2) is 60.7 Å². The number of aryl methyl sites for hydroxylation is 2. The van der Waals surface area contributed by atoms with Crippen LogP contribution in [0.25, 0.3) is 11.1 Å². The molecule has 0 atom stereocenters. The predicted molar refractivity (Wildman–Crippen MR) is 120 cm³/mol. The fraction of sp³-hybridized carbons (Fsp3) is 0.296. The molecular weight excluding hydrogens is 372 g/mol. The Morgan fingerprint density at radius 2 is 1.77 bits per heavy atom. The summed E-state index contributed by atoms with van der Waals surface area (Å²) in [5.74, 6) is 1.81. The van der Waals surface area contributed by atoms with E-state index in [4.69, 9.17) is 9.47 Å². The van der Waals surface area contributed by atoms with Gasteiger partial charge in [0.1, 0.15) is 5.78 Å². The highest BCUT2D eigenvalue weighted by atomic mass is 16.7. The van der Waals surface area contributed by atoms with Crippen molar-refractivity contribution in [1.29, 1.82) is 0 Å². The fourth-order valence-electron chi connectivity index (χ4n) is 4.40. The SMILES string of the molecule is CCc1cccc(-c2ccc(C)c(CC(=O)C3(c4ccc5c(c4)OCO5)CC3)c2)c1.[HH]. The summed E-state index contributed by atoms with van der Waals surface area (Å²) in [5.41, 5.74) is 6.68. The van der Waals surface area contributed by atoms with Gasteiger partial charge in [0, 0.05) is 7.85 Å². The van der Waals surface area contributed by atoms with Crippen molar-refractivity contribution in [3.05, 3.63) is 82.9 Å². The number of ether oxygens (including phenoxy) is 2. The number of rotatable bonds is 6. The highest BCUT2D eigenvalue weighted by molar-refractivity contribution is 5.95. The Morgan fingerprint density at radius 3 is 2.57 bits per heavy atom. The van der Waals surface area contributed by atoms with E-state index in [1.165, 1.54) is 22.3 Å². The molecule has 2 aliphatic rings. The van der Waals surface area contributed by atoms with Gasteiger partial charge in [-0.25, -0.2) is 0 Å². The third kappa shape index (κ3) is 3.28. The third-order valence-electron chi connectivity index (χ3n) is 6.58. The average molecular weight is 401 g/mol. The number of hydrogen-bond donors (Lipinski definition) is 0. The van der Waals surface area contributed by atoms with Gasteiger partial charge >= 0.3 is 0 Å². The molecule has 0 radical (unpaired) electrons. The van der Waals surface area contributed by atoms with E-state index in [0.717, 1.165) is 41.9 Å². The lowest BCUT2D eigenvalue weighted by Gasteiger charge is -2.17. The van der Waals surface area contributed by atoms with Crippen LogP contribution in [0.1, 0.15) is 43.4 Å². The Kier molecular flexibility index (Phi) is 4.62. The van der Waals surface area contributed by atoms with Crippen LogP contribution in [0, 0.1) is 6.92 Å². The lowest BCUT2D eigenvalue weighted by atomic mass is 9.86. The van der Waals surface area contributed by atoms with Crippen molar-refractivity contribution >= 4 is 5.78 Å². The molecule has 0 saturated heterocycles. The van der Waals surface area contributed by atoms with E-state index in [-0.39, 0.29) is 13.6 Å².